The molecular formula is C12H24N2. The molecule has 2 rings (SSSR count). The van der Waals surface area contributed by atoms with Crippen molar-refractivity contribution in [1.82, 2.24) is 4.90 Å². The molecule has 0 amide bonds. The SMILES string of the molecule is NCC(C1CC1)N1CCCCCCC1. The molecule has 2 fully saturated rings. The summed E-state index contributed by atoms with van der Waals surface area (Å²) >= 11 is 0. The minimum atomic E-state index is 0.716. The monoisotopic (exact) mass is 196 g/mol. The summed E-state index contributed by atoms with van der Waals surface area (Å²) in [7, 11) is 0. The van der Waals surface area contributed by atoms with Crippen molar-refractivity contribution in [2.45, 2.75) is 51.0 Å². The number of rotatable bonds is 3. The first kappa shape index (κ1) is 10.4. The second-order valence-corrected chi connectivity index (χ2v) is 4.94. The molecule has 0 bridgehead atoms. The molecular weight excluding hydrogens is 172 g/mol. The average Bonchev–Trinajstić information content (AvgIpc) is 2.93. The van der Waals surface area contributed by atoms with Gasteiger partial charge in [0.1, 0.15) is 0 Å². The van der Waals surface area contributed by atoms with Crippen LogP contribution in [0.25, 0.3) is 0 Å². The summed E-state index contributed by atoms with van der Waals surface area (Å²) < 4.78 is 0. The second kappa shape index (κ2) is 5.13. The van der Waals surface area contributed by atoms with E-state index in [9.17, 15) is 0 Å². The second-order valence-electron chi connectivity index (χ2n) is 4.94. The van der Waals surface area contributed by atoms with Gasteiger partial charge in [-0.05, 0) is 44.7 Å². The van der Waals surface area contributed by atoms with Crippen molar-refractivity contribution in [3.8, 4) is 0 Å². The smallest absolute Gasteiger partial charge is 0.0246 e. The van der Waals surface area contributed by atoms with Gasteiger partial charge < -0.3 is 5.73 Å². The molecule has 2 aliphatic rings. The zero-order chi connectivity index (χ0) is 9.80. The van der Waals surface area contributed by atoms with E-state index in [2.05, 4.69) is 4.90 Å². The minimum Gasteiger partial charge on any atom is -0.329 e. The van der Waals surface area contributed by atoms with E-state index in [0.717, 1.165) is 12.5 Å². The lowest BCUT2D eigenvalue weighted by Crippen LogP contribution is -2.43. The average molecular weight is 196 g/mol. The molecule has 0 spiro atoms. The van der Waals surface area contributed by atoms with Crippen molar-refractivity contribution >= 4 is 0 Å². The molecule has 0 aromatic carbocycles. The van der Waals surface area contributed by atoms with Crippen LogP contribution in [0.4, 0.5) is 0 Å². The lowest BCUT2D eigenvalue weighted by atomic mass is 10.0. The fraction of sp³-hybridized carbons (Fsp3) is 1.00. The van der Waals surface area contributed by atoms with Crippen LogP contribution >= 0.6 is 0 Å². The van der Waals surface area contributed by atoms with Gasteiger partial charge in [-0.3, -0.25) is 4.90 Å². The van der Waals surface area contributed by atoms with Crippen molar-refractivity contribution < 1.29 is 0 Å². The van der Waals surface area contributed by atoms with Gasteiger partial charge in [-0.15, -0.1) is 0 Å². The fourth-order valence-electron chi connectivity index (χ4n) is 2.72. The Morgan fingerprint density at radius 1 is 1.00 bits per heavy atom. The maximum Gasteiger partial charge on any atom is 0.0246 e. The van der Waals surface area contributed by atoms with E-state index < -0.39 is 0 Å². The Kier molecular flexibility index (Phi) is 3.82. The van der Waals surface area contributed by atoms with E-state index in [0.29, 0.717) is 6.04 Å². The first-order valence-electron chi connectivity index (χ1n) is 6.36. The van der Waals surface area contributed by atoms with Gasteiger partial charge in [-0.2, -0.15) is 0 Å². The van der Waals surface area contributed by atoms with Crippen LogP contribution in [0, 0.1) is 5.92 Å². The van der Waals surface area contributed by atoms with Gasteiger partial charge in [-0.25, -0.2) is 0 Å². The van der Waals surface area contributed by atoms with E-state index in [4.69, 9.17) is 5.73 Å². The van der Waals surface area contributed by atoms with Crippen LogP contribution in [-0.2, 0) is 0 Å². The molecule has 14 heavy (non-hydrogen) atoms. The van der Waals surface area contributed by atoms with Gasteiger partial charge in [-0.1, -0.05) is 19.3 Å². The van der Waals surface area contributed by atoms with Crippen LogP contribution < -0.4 is 5.73 Å². The maximum absolute atomic E-state index is 5.89. The summed E-state index contributed by atoms with van der Waals surface area (Å²) in [5.41, 5.74) is 5.89. The third-order valence-electron chi connectivity index (χ3n) is 3.77. The van der Waals surface area contributed by atoms with Crippen molar-refractivity contribution in [3.63, 3.8) is 0 Å². The highest BCUT2D eigenvalue weighted by atomic mass is 15.2. The molecule has 0 radical (unpaired) electrons. The van der Waals surface area contributed by atoms with E-state index in [1.807, 2.05) is 0 Å². The number of nitrogens with two attached hydrogens (primary N) is 1. The largest absolute Gasteiger partial charge is 0.329 e. The van der Waals surface area contributed by atoms with Crippen molar-refractivity contribution in [2.75, 3.05) is 19.6 Å². The molecule has 1 unspecified atom stereocenters. The Hall–Kier alpha value is -0.0800. The zero-order valence-electron chi connectivity index (χ0n) is 9.25. The van der Waals surface area contributed by atoms with Crippen LogP contribution in [0.3, 0.4) is 0 Å². The van der Waals surface area contributed by atoms with E-state index >= 15 is 0 Å². The molecule has 1 heterocycles. The first-order chi connectivity index (χ1) is 6.92. The molecule has 0 aromatic heterocycles. The van der Waals surface area contributed by atoms with Crippen molar-refractivity contribution in [1.29, 1.82) is 0 Å². The molecule has 2 nitrogen and oxygen atoms in total. The van der Waals surface area contributed by atoms with Gasteiger partial charge >= 0.3 is 0 Å². The Bertz CT molecular complexity index is 158. The Balaban J connectivity index is 1.84. The maximum atomic E-state index is 5.89. The summed E-state index contributed by atoms with van der Waals surface area (Å²) in [6.45, 7) is 3.49. The molecule has 2 N–H and O–H groups in total. The lowest BCUT2D eigenvalue weighted by Gasteiger charge is -2.32. The van der Waals surface area contributed by atoms with Gasteiger partial charge in [0, 0.05) is 12.6 Å². The van der Waals surface area contributed by atoms with E-state index in [-0.39, 0.29) is 0 Å². The third-order valence-corrected chi connectivity index (χ3v) is 3.77. The molecule has 1 saturated heterocycles. The van der Waals surface area contributed by atoms with Crippen molar-refractivity contribution in [3.05, 3.63) is 0 Å². The Morgan fingerprint density at radius 3 is 2.07 bits per heavy atom. The number of nitrogens with zero attached hydrogens (tertiary/aromatic N) is 1. The molecule has 1 aliphatic carbocycles. The fourth-order valence-corrected chi connectivity index (χ4v) is 2.72. The predicted octanol–water partition coefficient (Wildman–Crippen LogP) is 1.99. The number of hydrogen-bond donors (Lipinski definition) is 1. The van der Waals surface area contributed by atoms with Crippen LogP contribution in [0.1, 0.15) is 44.9 Å². The molecule has 1 atom stereocenters. The van der Waals surface area contributed by atoms with E-state index in [1.165, 1.54) is 58.0 Å². The quantitative estimate of drug-likeness (QED) is 0.748. The van der Waals surface area contributed by atoms with Gasteiger partial charge in [0.15, 0.2) is 0 Å². The first-order valence-corrected chi connectivity index (χ1v) is 6.36. The number of likely N-dealkylation sites (tertiary alicyclic amines) is 1. The van der Waals surface area contributed by atoms with E-state index in [1.54, 1.807) is 0 Å². The topological polar surface area (TPSA) is 29.3 Å². The van der Waals surface area contributed by atoms with Crippen LogP contribution in [0.15, 0.2) is 0 Å². The molecule has 1 saturated carbocycles. The van der Waals surface area contributed by atoms with Crippen LogP contribution in [-0.4, -0.2) is 30.6 Å². The molecule has 82 valence electrons. The Morgan fingerprint density at radius 2 is 1.57 bits per heavy atom. The van der Waals surface area contributed by atoms with Crippen molar-refractivity contribution in [2.24, 2.45) is 11.7 Å². The third kappa shape index (κ3) is 2.71. The van der Waals surface area contributed by atoms with Crippen LogP contribution in [0.2, 0.25) is 0 Å². The standard InChI is InChI=1S/C12H24N2/c13-10-12(11-6-7-11)14-8-4-2-1-3-5-9-14/h11-12H,1-10,13H2. The molecule has 0 aromatic rings. The highest BCUT2D eigenvalue weighted by Crippen LogP contribution is 2.35. The van der Waals surface area contributed by atoms with Gasteiger partial charge in [0.2, 0.25) is 0 Å². The van der Waals surface area contributed by atoms with Gasteiger partial charge in [0.25, 0.3) is 0 Å². The van der Waals surface area contributed by atoms with Crippen LogP contribution in [0.5, 0.6) is 0 Å². The highest BCUT2D eigenvalue weighted by Gasteiger charge is 2.33. The Labute approximate surface area is 87.8 Å². The minimum absolute atomic E-state index is 0.716. The normalized spacial score (nSPS) is 28.1. The predicted molar refractivity (Wildman–Crippen MR) is 60.2 cm³/mol. The van der Waals surface area contributed by atoms with Gasteiger partial charge in [0.05, 0.1) is 0 Å². The summed E-state index contributed by atoms with van der Waals surface area (Å²) in [6, 6.07) is 0.716. The molecule has 1 aliphatic heterocycles. The summed E-state index contributed by atoms with van der Waals surface area (Å²) in [5, 5.41) is 0. The zero-order valence-corrected chi connectivity index (χ0v) is 9.25. The highest BCUT2D eigenvalue weighted by molar-refractivity contribution is 4.89. The number of hydrogen-bond acceptors (Lipinski definition) is 2. The lowest BCUT2D eigenvalue weighted by molar-refractivity contribution is 0.165. The summed E-state index contributed by atoms with van der Waals surface area (Å²) in [6.07, 6.45) is 9.95. The summed E-state index contributed by atoms with van der Waals surface area (Å²) in [5.74, 6) is 0.944. The summed E-state index contributed by atoms with van der Waals surface area (Å²) in [4.78, 5) is 2.68. The molecule has 2 heteroatoms.